The Hall–Kier alpha value is -3.32. The number of hydrogen-bond donors (Lipinski definition) is 2. The van der Waals surface area contributed by atoms with E-state index in [0.29, 0.717) is 34.6 Å². The molecule has 26 heavy (non-hydrogen) atoms. The van der Waals surface area contributed by atoms with Gasteiger partial charge in [0.05, 0.1) is 12.2 Å². The Morgan fingerprint density at radius 2 is 1.92 bits per heavy atom. The molecule has 1 heterocycles. The van der Waals surface area contributed by atoms with Gasteiger partial charge in [-0.1, -0.05) is 24.3 Å². The van der Waals surface area contributed by atoms with Crippen LogP contribution in [-0.2, 0) is 6.42 Å². The van der Waals surface area contributed by atoms with E-state index in [4.69, 9.17) is 14.9 Å². The Morgan fingerprint density at radius 1 is 1.19 bits per heavy atom. The third-order valence-electron chi connectivity index (χ3n) is 3.76. The molecular formula is C19H19N3O4. The van der Waals surface area contributed by atoms with E-state index in [1.807, 2.05) is 54.6 Å². The van der Waals surface area contributed by atoms with Crippen LogP contribution < -0.4 is 10.5 Å². The maximum Gasteiger partial charge on any atom is 0.338 e. The zero-order valence-corrected chi connectivity index (χ0v) is 14.3. The summed E-state index contributed by atoms with van der Waals surface area (Å²) in [4.78, 5) is 15.3. The first-order chi connectivity index (χ1) is 12.5. The fourth-order valence-electron chi connectivity index (χ4n) is 2.42. The fourth-order valence-corrected chi connectivity index (χ4v) is 2.42. The summed E-state index contributed by atoms with van der Waals surface area (Å²) in [6.07, 6.45) is 0.304. The number of aryl methyl sites for hydroxylation is 1. The van der Waals surface area contributed by atoms with E-state index in [1.54, 1.807) is 6.92 Å². The van der Waals surface area contributed by atoms with Crippen LogP contribution in [0.25, 0.3) is 11.5 Å². The Labute approximate surface area is 150 Å². The average Bonchev–Trinajstić information content (AvgIpc) is 3.01. The second-order valence-corrected chi connectivity index (χ2v) is 5.68. The number of benzene rings is 2. The lowest BCUT2D eigenvalue weighted by Crippen LogP contribution is -2.34. The number of hydrogen-bond acceptors (Lipinski definition) is 5. The van der Waals surface area contributed by atoms with E-state index in [-0.39, 0.29) is 6.54 Å². The molecule has 0 atom stereocenters. The van der Waals surface area contributed by atoms with Crippen molar-refractivity contribution in [1.29, 1.82) is 0 Å². The van der Waals surface area contributed by atoms with Crippen molar-refractivity contribution in [2.75, 3.05) is 6.54 Å². The van der Waals surface area contributed by atoms with Gasteiger partial charge in [0.25, 0.3) is 0 Å². The van der Waals surface area contributed by atoms with Crippen molar-refractivity contribution in [3.05, 3.63) is 66.1 Å². The van der Waals surface area contributed by atoms with Crippen LogP contribution in [0.3, 0.4) is 0 Å². The predicted molar refractivity (Wildman–Crippen MR) is 95.0 cm³/mol. The van der Waals surface area contributed by atoms with Crippen molar-refractivity contribution in [1.82, 2.24) is 10.0 Å². The minimum absolute atomic E-state index is 0.0297. The summed E-state index contributed by atoms with van der Waals surface area (Å²) in [7, 11) is 0. The van der Waals surface area contributed by atoms with E-state index in [0.717, 1.165) is 11.3 Å². The molecule has 0 bridgehead atoms. The second kappa shape index (κ2) is 7.71. The van der Waals surface area contributed by atoms with Crippen molar-refractivity contribution in [3.63, 3.8) is 0 Å². The largest absolute Gasteiger partial charge is 0.457 e. The molecule has 0 saturated heterocycles. The van der Waals surface area contributed by atoms with Crippen LogP contribution >= 0.6 is 0 Å². The number of primary amides is 1. The van der Waals surface area contributed by atoms with Gasteiger partial charge in [0.15, 0.2) is 0 Å². The molecule has 0 aliphatic heterocycles. The Bertz CT molecular complexity index is 893. The molecule has 1 aromatic heterocycles. The van der Waals surface area contributed by atoms with Crippen LogP contribution in [0, 0.1) is 6.92 Å². The molecule has 0 radical (unpaired) electrons. The van der Waals surface area contributed by atoms with Crippen LogP contribution in [0.15, 0.2) is 59.0 Å². The summed E-state index contributed by atoms with van der Waals surface area (Å²) >= 11 is 0. The Kier molecular flexibility index (Phi) is 5.19. The molecule has 0 aliphatic rings. The third-order valence-corrected chi connectivity index (χ3v) is 3.76. The highest BCUT2D eigenvalue weighted by Crippen LogP contribution is 2.28. The Balaban J connectivity index is 1.76. The smallest absolute Gasteiger partial charge is 0.338 e. The molecule has 3 rings (SSSR count). The summed E-state index contributed by atoms with van der Waals surface area (Å²) in [5.74, 6) is 2.43. The number of para-hydroxylation sites is 1. The number of oxazole rings is 1. The zero-order valence-electron chi connectivity index (χ0n) is 14.3. The van der Waals surface area contributed by atoms with E-state index in [2.05, 4.69) is 4.98 Å². The molecule has 3 N–H and O–H groups in total. The molecule has 7 nitrogen and oxygen atoms in total. The summed E-state index contributed by atoms with van der Waals surface area (Å²) in [5, 5.41) is 9.80. The van der Waals surface area contributed by atoms with Crippen molar-refractivity contribution in [2.45, 2.75) is 13.3 Å². The van der Waals surface area contributed by atoms with E-state index < -0.39 is 6.03 Å². The molecule has 0 saturated carbocycles. The number of aromatic nitrogens is 1. The third kappa shape index (κ3) is 4.20. The van der Waals surface area contributed by atoms with Crippen LogP contribution in [0.2, 0.25) is 0 Å². The summed E-state index contributed by atoms with van der Waals surface area (Å²) in [6.45, 7) is 1.83. The van der Waals surface area contributed by atoms with Gasteiger partial charge in [-0.2, -0.15) is 0 Å². The topological polar surface area (TPSA) is 102 Å². The monoisotopic (exact) mass is 353 g/mol. The molecular weight excluding hydrogens is 334 g/mol. The number of nitrogens with zero attached hydrogens (tertiary/aromatic N) is 2. The number of carbonyl (C=O) groups is 1. The van der Waals surface area contributed by atoms with Crippen LogP contribution in [0.4, 0.5) is 4.79 Å². The standard InChI is InChI=1S/C19H19N3O4/c1-13-17(10-11-22(24)19(20)23)26-18(21-13)14-6-5-9-16(12-14)25-15-7-3-2-4-8-15/h2-9,12,24H,10-11H2,1H3,(H2,20,23). The second-order valence-electron chi connectivity index (χ2n) is 5.68. The Morgan fingerprint density at radius 3 is 2.65 bits per heavy atom. The van der Waals surface area contributed by atoms with Crippen molar-refractivity contribution in [3.8, 4) is 23.0 Å². The molecule has 3 aromatic rings. The number of urea groups is 1. The van der Waals surface area contributed by atoms with Crippen LogP contribution in [0.5, 0.6) is 11.5 Å². The van der Waals surface area contributed by atoms with Gasteiger partial charge in [-0.05, 0) is 37.3 Å². The predicted octanol–water partition coefficient (Wildman–Crippen LogP) is 3.75. The molecule has 0 aliphatic carbocycles. The molecule has 134 valence electrons. The average molecular weight is 353 g/mol. The quantitative estimate of drug-likeness (QED) is 0.519. The lowest BCUT2D eigenvalue weighted by atomic mass is 10.2. The first-order valence-electron chi connectivity index (χ1n) is 8.08. The maximum atomic E-state index is 10.9. The highest BCUT2D eigenvalue weighted by Gasteiger charge is 2.14. The summed E-state index contributed by atoms with van der Waals surface area (Å²) in [5.41, 5.74) is 6.45. The minimum Gasteiger partial charge on any atom is -0.457 e. The van der Waals surface area contributed by atoms with Gasteiger partial charge in [0, 0.05) is 12.0 Å². The van der Waals surface area contributed by atoms with Crippen LogP contribution in [-0.4, -0.2) is 27.8 Å². The van der Waals surface area contributed by atoms with Gasteiger partial charge < -0.3 is 14.9 Å². The highest BCUT2D eigenvalue weighted by atomic mass is 16.5. The normalized spacial score (nSPS) is 10.5. The molecule has 2 aromatic carbocycles. The molecule has 0 unspecified atom stereocenters. The van der Waals surface area contributed by atoms with Gasteiger partial charge in [0.2, 0.25) is 5.89 Å². The van der Waals surface area contributed by atoms with E-state index in [1.165, 1.54) is 0 Å². The molecule has 7 heteroatoms. The molecule has 2 amide bonds. The summed E-state index contributed by atoms with van der Waals surface area (Å²) < 4.78 is 11.6. The van der Waals surface area contributed by atoms with Gasteiger partial charge in [-0.25, -0.2) is 14.8 Å². The number of nitrogens with two attached hydrogens (primary N) is 1. The molecule has 0 fully saturated rings. The fraction of sp³-hybridized carbons (Fsp3) is 0.158. The first kappa shape index (κ1) is 17.5. The van der Waals surface area contributed by atoms with Gasteiger partial charge in [0.1, 0.15) is 17.3 Å². The van der Waals surface area contributed by atoms with Gasteiger partial charge >= 0.3 is 6.03 Å². The number of hydroxylamine groups is 2. The number of ether oxygens (including phenoxy) is 1. The minimum atomic E-state index is -0.909. The van der Waals surface area contributed by atoms with Crippen LogP contribution in [0.1, 0.15) is 11.5 Å². The van der Waals surface area contributed by atoms with Crippen molar-refractivity contribution >= 4 is 6.03 Å². The molecule has 0 spiro atoms. The van der Waals surface area contributed by atoms with Gasteiger partial charge in [-0.15, -0.1) is 0 Å². The lowest BCUT2D eigenvalue weighted by molar-refractivity contribution is -0.0390. The van der Waals surface area contributed by atoms with E-state index in [9.17, 15) is 10.0 Å². The lowest BCUT2D eigenvalue weighted by Gasteiger charge is -2.10. The van der Waals surface area contributed by atoms with Crippen molar-refractivity contribution < 1.29 is 19.2 Å². The summed E-state index contributed by atoms with van der Waals surface area (Å²) in [6, 6.07) is 16.0. The maximum absolute atomic E-state index is 10.9. The SMILES string of the molecule is Cc1nc(-c2cccc(Oc3ccccc3)c2)oc1CCN(O)C(N)=O. The first-order valence-corrected chi connectivity index (χ1v) is 8.08. The zero-order chi connectivity index (χ0) is 18.5. The highest BCUT2D eigenvalue weighted by molar-refractivity contribution is 5.70. The van der Waals surface area contributed by atoms with E-state index >= 15 is 0 Å². The number of amides is 2. The number of carbonyl (C=O) groups excluding carboxylic acids is 1. The van der Waals surface area contributed by atoms with Gasteiger partial charge in [-0.3, -0.25) is 5.21 Å². The van der Waals surface area contributed by atoms with Crippen molar-refractivity contribution in [2.24, 2.45) is 5.73 Å². The number of rotatable bonds is 6.